The van der Waals surface area contributed by atoms with Gasteiger partial charge >= 0.3 is 0 Å². The van der Waals surface area contributed by atoms with Crippen LogP contribution in [0.15, 0.2) is 28.7 Å². The normalized spacial score (nSPS) is 26.2. The van der Waals surface area contributed by atoms with Crippen molar-refractivity contribution < 1.29 is 0 Å². The van der Waals surface area contributed by atoms with Gasteiger partial charge in [0.15, 0.2) is 0 Å². The van der Waals surface area contributed by atoms with Gasteiger partial charge in [-0.05, 0) is 74.9 Å². The summed E-state index contributed by atoms with van der Waals surface area (Å²) in [5.41, 5.74) is 2.00. The first-order valence-electron chi connectivity index (χ1n) is 8.49. The molecule has 3 fully saturated rings. The van der Waals surface area contributed by atoms with Crippen LogP contribution in [-0.2, 0) is 0 Å². The highest BCUT2D eigenvalue weighted by Crippen LogP contribution is 2.43. The van der Waals surface area contributed by atoms with Crippen molar-refractivity contribution in [2.24, 2.45) is 5.41 Å². The lowest BCUT2D eigenvalue weighted by Gasteiger charge is -2.45. The molecule has 0 N–H and O–H groups in total. The highest BCUT2D eigenvalue weighted by atomic mass is 79.9. The van der Waals surface area contributed by atoms with E-state index >= 15 is 0 Å². The summed E-state index contributed by atoms with van der Waals surface area (Å²) >= 11 is 3.53. The molecule has 0 bridgehead atoms. The third-order valence-corrected chi connectivity index (χ3v) is 6.61. The topological polar surface area (TPSA) is 6.48 Å². The van der Waals surface area contributed by atoms with Crippen LogP contribution in [0.4, 0.5) is 5.69 Å². The van der Waals surface area contributed by atoms with Gasteiger partial charge in [-0.25, -0.2) is 0 Å². The molecule has 0 atom stereocenters. The molecule has 1 spiro atoms. The fourth-order valence-electron chi connectivity index (χ4n) is 4.33. The first-order chi connectivity index (χ1) is 10.2. The van der Waals surface area contributed by atoms with Crippen molar-refractivity contribution in [2.75, 3.05) is 31.1 Å². The summed E-state index contributed by atoms with van der Waals surface area (Å²) in [5.74, 6) is 0. The molecule has 114 valence electrons. The fraction of sp³-hybridized carbons (Fsp3) is 0.667. The van der Waals surface area contributed by atoms with Crippen LogP contribution in [-0.4, -0.2) is 37.1 Å². The third-order valence-electron chi connectivity index (χ3n) is 6.08. The van der Waals surface area contributed by atoms with Crippen LogP contribution in [0, 0.1) is 5.41 Å². The van der Waals surface area contributed by atoms with E-state index in [0.29, 0.717) is 5.41 Å². The predicted octanol–water partition coefficient (Wildman–Crippen LogP) is 4.29. The summed E-state index contributed by atoms with van der Waals surface area (Å²) < 4.78 is 1.17. The number of benzene rings is 1. The van der Waals surface area contributed by atoms with Gasteiger partial charge in [0, 0.05) is 29.3 Å². The Morgan fingerprint density at radius 2 is 1.62 bits per heavy atom. The maximum atomic E-state index is 3.53. The SMILES string of the molecule is Brc1ccc(N2CCC3(CCN(C4CCC4)CC3)C2)cc1. The van der Waals surface area contributed by atoms with Crippen molar-refractivity contribution in [1.29, 1.82) is 0 Å². The van der Waals surface area contributed by atoms with Gasteiger partial charge in [0.1, 0.15) is 0 Å². The molecule has 0 aromatic heterocycles. The minimum absolute atomic E-state index is 0.604. The van der Waals surface area contributed by atoms with Gasteiger partial charge in [-0.3, -0.25) is 0 Å². The zero-order valence-electron chi connectivity index (χ0n) is 12.7. The zero-order chi connectivity index (χ0) is 14.3. The van der Waals surface area contributed by atoms with Crippen LogP contribution in [0.25, 0.3) is 0 Å². The van der Waals surface area contributed by atoms with E-state index < -0.39 is 0 Å². The van der Waals surface area contributed by atoms with Gasteiger partial charge in [0.25, 0.3) is 0 Å². The second-order valence-electron chi connectivity index (χ2n) is 7.27. The largest absolute Gasteiger partial charge is 0.371 e. The summed E-state index contributed by atoms with van der Waals surface area (Å²) in [5, 5.41) is 0. The molecule has 2 saturated heterocycles. The summed E-state index contributed by atoms with van der Waals surface area (Å²) in [4.78, 5) is 5.38. The number of piperidine rings is 1. The molecule has 1 saturated carbocycles. The van der Waals surface area contributed by atoms with Crippen molar-refractivity contribution in [1.82, 2.24) is 4.90 Å². The molecule has 1 aromatic carbocycles. The third kappa shape index (κ3) is 2.75. The van der Waals surface area contributed by atoms with E-state index in [-0.39, 0.29) is 0 Å². The van der Waals surface area contributed by atoms with Crippen molar-refractivity contribution >= 4 is 21.6 Å². The van der Waals surface area contributed by atoms with E-state index in [9.17, 15) is 0 Å². The van der Waals surface area contributed by atoms with Crippen molar-refractivity contribution in [3.05, 3.63) is 28.7 Å². The van der Waals surface area contributed by atoms with Crippen LogP contribution in [0.2, 0.25) is 0 Å². The number of hydrogen-bond acceptors (Lipinski definition) is 2. The molecule has 0 unspecified atom stereocenters. The zero-order valence-corrected chi connectivity index (χ0v) is 14.3. The molecule has 4 rings (SSSR count). The number of nitrogens with zero attached hydrogens (tertiary/aromatic N) is 2. The van der Waals surface area contributed by atoms with Gasteiger partial charge in [0.2, 0.25) is 0 Å². The van der Waals surface area contributed by atoms with Crippen molar-refractivity contribution in [3.8, 4) is 0 Å². The van der Waals surface area contributed by atoms with E-state index in [0.717, 1.165) is 6.04 Å². The van der Waals surface area contributed by atoms with Gasteiger partial charge in [-0.2, -0.15) is 0 Å². The Balaban J connectivity index is 1.38. The maximum Gasteiger partial charge on any atom is 0.0367 e. The molecular formula is C18H25BrN2. The number of anilines is 1. The molecule has 0 radical (unpaired) electrons. The summed E-state index contributed by atoms with van der Waals surface area (Å²) in [6, 6.07) is 9.78. The van der Waals surface area contributed by atoms with Gasteiger partial charge < -0.3 is 9.80 Å². The summed E-state index contributed by atoms with van der Waals surface area (Å²) in [7, 11) is 0. The van der Waals surface area contributed by atoms with Gasteiger partial charge in [0.05, 0.1) is 0 Å². The van der Waals surface area contributed by atoms with E-state index in [1.54, 1.807) is 0 Å². The number of rotatable bonds is 2. The average molecular weight is 349 g/mol. The second-order valence-corrected chi connectivity index (χ2v) is 8.18. The quantitative estimate of drug-likeness (QED) is 0.786. The standard InChI is InChI=1S/C18H25BrN2/c19-15-4-6-17(7-5-15)21-13-10-18(14-21)8-11-20(12-9-18)16-2-1-3-16/h4-7,16H,1-3,8-14H2. The highest BCUT2D eigenvalue weighted by Gasteiger charge is 2.42. The molecule has 2 heterocycles. The lowest BCUT2D eigenvalue weighted by atomic mass is 9.76. The number of hydrogen-bond donors (Lipinski definition) is 0. The Kier molecular flexibility index (Phi) is 3.74. The Bertz CT molecular complexity index is 486. The summed E-state index contributed by atoms with van der Waals surface area (Å²) in [6.45, 7) is 5.20. The first-order valence-corrected chi connectivity index (χ1v) is 9.28. The average Bonchev–Trinajstić information content (AvgIpc) is 2.85. The Morgan fingerprint density at radius 1 is 0.952 bits per heavy atom. The first kappa shape index (κ1) is 14.1. The van der Waals surface area contributed by atoms with Crippen LogP contribution in [0.1, 0.15) is 38.5 Å². The molecule has 3 aliphatic rings. The lowest BCUT2D eigenvalue weighted by molar-refractivity contribution is 0.0524. The van der Waals surface area contributed by atoms with E-state index in [4.69, 9.17) is 0 Å². The lowest BCUT2D eigenvalue weighted by Crippen LogP contribution is -2.48. The van der Waals surface area contributed by atoms with Crippen molar-refractivity contribution in [3.63, 3.8) is 0 Å². The molecule has 3 heteroatoms. The van der Waals surface area contributed by atoms with Crippen LogP contribution in [0.3, 0.4) is 0 Å². The van der Waals surface area contributed by atoms with Crippen LogP contribution >= 0.6 is 15.9 Å². The van der Waals surface area contributed by atoms with Crippen LogP contribution < -0.4 is 4.90 Å². The smallest absolute Gasteiger partial charge is 0.0367 e. The maximum absolute atomic E-state index is 3.53. The predicted molar refractivity (Wildman–Crippen MR) is 91.9 cm³/mol. The molecule has 21 heavy (non-hydrogen) atoms. The monoisotopic (exact) mass is 348 g/mol. The Labute approximate surface area is 136 Å². The second kappa shape index (κ2) is 5.58. The van der Waals surface area contributed by atoms with Gasteiger partial charge in [-0.15, -0.1) is 0 Å². The molecule has 2 nitrogen and oxygen atoms in total. The van der Waals surface area contributed by atoms with E-state index in [1.165, 1.54) is 74.9 Å². The van der Waals surface area contributed by atoms with E-state index in [2.05, 4.69) is 50.0 Å². The van der Waals surface area contributed by atoms with Gasteiger partial charge in [-0.1, -0.05) is 22.4 Å². The summed E-state index contributed by atoms with van der Waals surface area (Å²) in [6.07, 6.45) is 8.59. The van der Waals surface area contributed by atoms with Crippen molar-refractivity contribution in [2.45, 2.75) is 44.6 Å². The minimum atomic E-state index is 0.604. The Hall–Kier alpha value is -0.540. The molecule has 1 aliphatic carbocycles. The highest BCUT2D eigenvalue weighted by molar-refractivity contribution is 9.10. The molecular weight excluding hydrogens is 324 g/mol. The van der Waals surface area contributed by atoms with E-state index in [1.807, 2.05) is 0 Å². The Morgan fingerprint density at radius 3 is 2.24 bits per heavy atom. The van der Waals surface area contributed by atoms with Crippen LogP contribution in [0.5, 0.6) is 0 Å². The number of halogens is 1. The fourth-order valence-corrected chi connectivity index (χ4v) is 4.60. The minimum Gasteiger partial charge on any atom is -0.371 e. The molecule has 1 aromatic rings. The number of likely N-dealkylation sites (tertiary alicyclic amines) is 1. The molecule has 0 amide bonds. The molecule has 2 aliphatic heterocycles.